The summed E-state index contributed by atoms with van der Waals surface area (Å²) in [5.74, 6) is 0. The summed E-state index contributed by atoms with van der Waals surface area (Å²) in [6.45, 7) is 6.73. The number of aryl methyl sites for hydroxylation is 1. The van der Waals surface area contributed by atoms with Gasteiger partial charge in [0.05, 0.1) is 11.7 Å². The van der Waals surface area contributed by atoms with E-state index in [1.54, 1.807) is 0 Å². The minimum atomic E-state index is 0.468. The first-order chi connectivity index (χ1) is 10.2. The van der Waals surface area contributed by atoms with Gasteiger partial charge in [-0.05, 0) is 59.4 Å². The summed E-state index contributed by atoms with van der Waals surface area (Å²) < 4.78 is 0. The van der Waals surface area contributed by atoms with Crippen molar-refractivity contribution < 1.29 is 0 Å². The molecule has 21 heavy (non-hydrogen) atoms. The van der Waals surface area contributed by atoms with Gasteiger partial charge in [-0.15, -0.1) is 11.3 Å². The highest BCUT2D eigenvalue weighted by Crippen LogP contribution is 2.37. The Morgan fingerprint density at radius 3 is 2.95 bits per heavy atom. The summed E-state index contributed by atoms with van der Waals surface area (Å²) in [6, 6.07) is 1.01. The van der Waals surface area contributed by atoms with E-state index in [1.165, 1.54) is 54.4 Å². The third-order valence-electron chi connectivity index (χ3n) is 4.77. The van der Waals surface area contributed by atoms with E-state index in [1.807, 2.05) is 11.3 Å². The molecule has 1 N–H and O–H groups in total. The predicted molar refractivity (Wildman–Crippen MR) is 89.0 cm³/mol. The van der Waals surface area contributed by atoms with Crippen molar-refractivity contribution in [2.24, 2.45) is 0 Å². The Balaban J connectivity index is 1.85. The van der Waals surface area contributed by atoms with Crippen molar-refractivity contribution >= 4 is 11.3 Å². The molecule has 1 fully saturated rings. The van der Waals surface area contributed by atoms with Gasteiger partial charge in [-0.2, -0.15) is 0 Å². The van der Waals surface area contributed by atoms with Crippen LogP contribution in [0.3, 0.4) is 0 Å². The van der Waals surface area contributed by atoms with Gasteiger partial charge in [0.25, 0.3) is 0 Å². The normalized spacial score (nSPS) is 28.3. The minimum absolute atomic E-state index is 0.468. The lowest BCUT2D eigenvalue weighted by molar-refractivity contribution is 0.228. The van der Waals surface area contributed by atoms with Crippen LogP contribution in [0.5, 0.6) is 0 Å². The first-order valence-corrected chi connectivity index (χ1v) is 9.12. The molecule has 2 aliphatic rings. The Hall–Kier alpha value is -0.490. The number of nitrogens with one attached hydrogen (secondary N) is 1. The molecule has 0 amide bonds. The molecule has 2 atom stereocenters. The second kappa shape index (κ2) is 6.73. The summed E-state index contributed by atoms with van der Waals surface area (Å²) in [5, 5.41) is 4.97. The number of rotatable bonds is 3. The molecule has 1 aliphatic heterocycles. The van der Waals surface area contributed by atoms with Gasteiger partial charge in [-0.25, -0.2) is 4.98 Å². The molecule has 0 saturated carbocycles. The number of hydrogen-bond acceptors (Lipinski definition) is 5. The molecule has 3 rings (SSSR count). The lowest BCUT2D eigenvalue weighted by Gasteiger charge is -2.25. The number of likely N-dealkylation sites (N-methyl/N-ethyl adjacent to an activating group) is 2. The summed E-state index contributed by atoms with van der Waals surface area (Å²) in [7, 11) is 4.49. The Bertz CT molecular complexity index is 473. The lowest BCUT2D eigenvalue weighted by atomic mass is 9.98. The topological polar surface area (TPSA) is 31.4 Å². The van der Waals surface area contributed by atoms with Crippen molar-refractivity contribution in [1.82, 2.24) is 20.1 Å². The second-order valence-electron chi connectivity index (χ2n) is 6.48. The zero-order chi connectivity index (χ0) is 14.8. The fourth-order valence-electron chi connectivity index (χ4n) is 3.56. The van der Waals surface area contributed by atoms with Crippen molar-refractivity contribution in [2.45, 2.75) is 44.7 Å². The van der Waals surface area contributed by atoms with Crippen LogP contribution in [0, 0.1) is 0 Å². The molecule has 1 aromatic heterocycles. The molecule has 5 heteroatoms. The Morgan fingerprint density at radius 2 is 2.14 bits per heavy atom. The zero-order valence-corrected chi connectivity index (χ0v) is 14.4. The van der Waals surface area contributed by atoms with Crippen molar-refractivity contribution in [3.8, 4) is 0 Å². The number of thiazole rings is 1. The van der Waals surface area contributed by atoms with Crippen LogP contribution >= 0.6 is 11.3 Å². The summed E-state index contributed by atoms with van der Waals surface area (Å²) in [6.07, 6.45) is 4.96. The van der Waals surface area contributed by atoms with Gasteiger partial charge in [0.15, 0.2) is 0 Å². The molecular weight excluding hydrogens is 280 g/mol. The van der Waals surface area contributed by atoms with Gasteiger partial charge >= 0.3 is 0 Å². The highest BCUT2D eigenvalue weighted by atomic mass is 32.1. The van der Waals surface area contributed by atoms with E-state index >= 15 is 0 Å². The van der Waals surface area contributed by atoms with E-state index in [9.17, 15) is 0 Å². The third kappa shape index (κ3) is 3.31. The highest BCUT2D eigenvalue weighted by molar-refractivity contribution is 7.12. The van der Waals surface area contributed by atoms with Gasteiger partial charge in [-0.1, -0.05) is 6.92 Å². The molecule has 0 aromatic carbocycles. The standard InChI is InChI=1S/C16H28N4S/c1-4-17-12-7-5-8-13-15(12)21-16(18-13)14-11-19(2)9-6-10-20(14)3/h12,14,17H,4-11H2,1-3H3. The quantitative estimate of drug-likeness (QED) is 0.929. The van der Waals surface area contributed by atoms with Gasteiger partial charge in [0.1, 0.15) is 5.01 Å². The molecule has 0 spiro atoms. The molecule has 1 saturated heterocycles. The number of hydrogen-bond donors (Lipinski definition) is 1. The SMILES string of the molecule is CCNC1CCCc2nc(C3CN(C)CCCN3C)sc21. The fourth-order valence-corrected chi connectivity index (χ4v) is 4.94. The molecule has 4 nitrogen and oxygen atoms in total. The lowest BCUT2D eigenvalue weighted by Crippen LogP contribution is -2.30. The van der Waals surface area contributed by atoms with Crippen LogP contribution in [0.15, 0.2) is 0 Å². The third-order valence-corrected chi connectivity index (χ3v) is 6.08. The summed E-state index contributed by atoms with van der Waals surface area (Å²) >= 11 is 1.96. The molecule has 118 valence electrons. The van der Waals surface area contributed by atoms with E-state index in [0.717, 1.165) is 13.1 Å². The van der Waals surface area contributed by atoms with Crippen molar-refractivity contribution in [3.63, 3.8) is 0 Å². The van der Waals surface area contributed by atoms with E-state index in [2.05, 4.69) is 36.1 Å². The number of aromatic nitrogens is 1. The minimum Gasteiger partial charge on any atom is -0.309 e. The first kappa shape index (κ1) is 15.4. The van der Waals surface area contributed by atoms with Gasteiger partial charge in [0, 0.05) is 17.5 Å². The highest BCUT2D eigenvalue weighted by Gasteiger charge is 2.29. The van der Waals surface area contributed by atoms with Crippen molar-refractivity contribution in [3.05, 3.63) is 15.6 Å². The van der Waals surface area contributed by atoms with Gasteiger partial charge in [-0.3, -0.25) is 4.90 Å². The van der Waals surface area contributed by atoms with Crippen LogP contribution in [-0.4, -0.2) is 55.1 Å². The average molecular weight is 308 g/mol. The Labute approximate surface area is 132 Å². The fraction of sp³-hybridized carbons (Fsp3) is 0.812. The van der Waals surface area contributed by atoms with Crippen LogP contribution in [0.1, 0.15) is 53.8 Å². The molecule has 2 unspecified atom stereocenters. The van der Waals surface area contributed by atoms with Crippen LogP contribution < -0.4 is 5.32 Å². The van der Waals surface area contributed by atoms with Crippen molar-refractivity contribution in [1.29, 1.82) is 0 Å². The molecule has 1 aromatic rings. The first-order valence-electron chi connectivity index (χ1n) is 8.30. The summed E-state index contributed by atoms with van der Waals surface area (Å²) in [4.78, 5) is 11.5. The molecule has 1 aliphatic carbocycles. The number of nitrogens with zero attached hydrogens (tertiary/aromatic N) is 3. The maximum absolute atomic E-state index is 5.04. The van der Waals surface area contributed by atoms with Gasteiger partial charge < -0.3 is 10.2 Å². The molecular formula is C16H28N4S. The van der Waals surface area contributed by atoms with Gasteiger partial charge in [0.2, 0.25) is 0 Å². The zero-order valence-electron chi connectivity index (χ0n) is 13.6. The van der Waals surface area contributed by atoms with E-state index < -0.39 is 0 Å². The van der Waals surface area contributed by atoms with Crippen molar-refractivity contribution in [2.75, 3.05) is 40.3 Å². The Morgan fingerprint density at radius 1 is 1.29 bits per heavy atom. The molecule has 0 bridgehead atoms. The maximum Gasteiger partial charge on any atom is 0.112 e. The van der Waals surface area contributed by atoms with Crippen LogP contribution in [-0.2, 0) is 6.42 Å². The van der Waals surface area contributed by atoms with E-state index in [0.29, 0.717) is 12.1 Å². The maximum atomic E-state index is 5.04. The Kier molecular flexibility index (Phi) is 4.94. The van der Waals surface area contributed by atoms with E-state index in [-0.39, 0.29) is 0 Å². The van der Waals surface area contributed by atoms with Crippen LogP contribution in [0.25, 0.3) is 0 Å². The second-order valence-corrected chi connectivity index (χ2v) is 7.54. The predicted octanol–water partition coefficient (Wildman–Crippen LogP) is 2.44. The summed E-state index contributed by atoms with van der Waals surface area (Å²) in [5.41, 5.74) is 1.37. The monoisotopic (exact) mass is 308 g/mol. The van der Waals surface area contributed by atoms with E-state index in [4.69, 9.17) is 4.98 Å². The number of fused-ring (bicyclic) bond motifs is 1. The smallest absolute Gasteiger partial charge is 0.112 e. The largest absolute Gasteiger partial charge is 0.309 e. The van der Waals surface area contributed by atoms with Crippen LogP contribution in [0.2, 0.25) is 0 Å². The van der Waals surface area contributed by atoms with Crippen LogP contribution in [0.4, 0.5) is 0 Å². The average Bonchev–Trinajstić information content (AvgIpc) is 2.82. The molecule has 2 heterocycles. The molecule has 0 radical (unpaired) electrons.